The van der Waals surface area contributed by atoms with Crippen molar-refractivity contribution in [3.05, 3.63) is 36.0 Å². The Morgan fingerprint density at radius 2 is 2.17 bits per heavy atom. The predicted molar refractivity (Wildman–Crippen MR) is 72.7 cm³/mol. The maximum absolute atomic E-state index is 5.31. The van der Waals surface area contributed by atoms with Crippen LogP contribution < -0.4 is 10.1 Å². The van der Waals surface area contributed by atoms with Crippen molar-refractivity contribution in [1.29, 1.82) is 0 Å². The van der Waals surface area contributed by atoms with E-state index in [0.29, 0.717) is 0 Å². The van der Waals surface area contributed by atoms with E-state index in [-0.39, 0.29) is 0 Å². The van der Waals surface area contributed by atoms with Gasteiger partial charge >= 0.3 is 0 Å². The number of hydrogen-bond donors (Lipinski definition) is 1. The lowest BCUT2D eigenvalue weighted by Gasteiger charge is -2.12. The maximum Gasteiger partial charge on any atom is 0.119 e. The fourth-order valence-corrected chi connectivity index (χ4v) is 2.08. The van der Waals surface area contributed by atoms with E-state index in [1.54, 1.807) is 7.11 Å². The van der Waals surface area contributed by atoms with Crippen LogP contribution in [0.5, 0.6) is 5.75 Å². The highest BCUT2D eigenvalue weighted by molar-refractivity contribution is 5.66. The summed E-state index contributed by atoms with van der Waals surface area (Å²) in [6.45, 7) is 3.78. The van der Waals surface area contributed by atoms with Gasteiger partial charge in [0.1, 0.15) is 5.75 Å². The lowest BCUT2D eigenvalue weighted by atomic mass is 10.0. The zero-order chi connectivity index (χ0) is 13.0. The van der Waals surface area contributed by atoms with Crippen LogP contribution in [0.1, 0.15) is 12.5 Å². The van der Waals surface area contributed by atoms with Gasteiger partial charge in [-0.05, 0) is 37.7 Å². The third-order valence-corrected chi connectivity index (χ3v) is 2.98. The number of ether oxygens (including phenoxy) is 1. The first-order valence-electron chi connectivity index (χ1n) is 6.13. The first-order chi connectivity index (χ1) is 8.80. The molecule has 4 nitrogen and oxygen atoms in total. The molecule has 0 fully saturated rings. The van der Waals surface area contributed by atoms with E-state index in [1.165, 1.54) is 11.1 Å². The van der Waals surface area contributed by atoms with Crippen molar-refractivity contribution in [3.63, 3.8) is 0 Å². The quantitative estimate of drug-likeness (QED) is 0.878. The van der Waals surface area contributed by atoms with Gasteiger partial charge in [-0.25, -0.2) is 0 Å². The molecule has 0 saturated heterocycles. The van der Waals surface area contributed by atoms with Crippen molar-refractivity contribution in [2.24, 2.45) is 0 Å². The number of aryl methyl sites for hydroxylation is 1. The smallest absolute Gasteiger partial charge is 0.119 e. The number of nitrogens with zero attached hydrogens (tertiary/aromatic N) is 2. The highest BCUT2D eigenvalue weighted by Crippen LogP contribution is 2.28. The molecule has 0 aliphatic heterocycles. The Balaban J connectivity index is 2.52. The molecule has 0 aliphatic carbocycles. The number of benzene rings is 1. The van der Waals surface area contributed by atoms with Gasteiger partial charge in [0.25, 0.3) is 0 Å². The van der Waals surface area contributed by atoms with Crippen LogP contribution in [0, 0.1) is 0 Å². The van der Waals surface area contributed by atoms with E-state index in [9.17, 15) is 0 Å². The summed E-state index contributed by atoms with van der Waals surface area (Å²) in [6, 6.07) is 8.19. The molecular formula is C14H19N3O. The van der Waals surface area contributed by atoms with Gasteiger partial charge in [-0.15, -0.1) is 0 Å². The SMILES string of the molecule is CCn1nccc1-c1cc(OC)ccc1CNC. The van der Waals surface area contributed by atoms with Crippen molar-refractivity contribution >= 4 is 0 Å². The van der Waals surface area contributed by atoms with Crippen molar-refractivity contribution in [2.75, 3.05) is 14.2 Å². The van der Waals surface area contributed by atoms with Crippen molar-refractivity contribution in [2.45, 2.75) is 20.0 Å². The van der Waals surface area contributed by atoms with Gasteiger partial charge < -0.3 is 10.1 Å². The van der Waals surface area contributed by atoms with E-state index in [4.69, 9.17) is 4.74 Å². The Bertz CT molecular complexity index is 520. The molecule has 96 valence electrons. The van der Waals surface area contributed by atoms with E-state index >= 15 is 0 Å². The largest absolute Gasteiger partial charge is 0.497 e. The molecule has 0 atom stereocenters. The van der Waals surface area contributed by atoms with Crippen LogP contribution in [0.25, 0.3) is 11.3 Å². The summed E-state index contributed by atoms with van der Waals surface area (Å²) in [5, 5.41) is 7.51. The lowest BCUT2D eigenvalue weighted by molar-refractivity contribution is 0.414. The Kier molecular flexibility index (Phi) is 3.99. The van der Waals surface area contributed by atoms with E-state index < -0.39 is 0 Å². The molecular weight excluding hydrogens is 226 g/mol. The van der Waals surface area contributed by atoms with Gasteiger partial charge in [0.2, 0.25) is 0 Å². The minimum atomic E-state index is 0.828. The second-order valence-corrected chi connectivity index (χ2v) is 4.09. The second-order valence-electron chi connectivity index (χ2n) is 4.09. The van der Waals surface area contributed by atoms with Crippen LogP contribution in [0.3, 0.4) is 0 Å². The summed E-state index contributed by atoms with van der Waals surface area (Å²) < 4.78 is 7.30. The molecule has 1 aromatic heterocycles. The third kappa shape index (κ3) is 2.38. The normalized spacial score (nSPS) is 10.6. The molecule has 2 rings (SSSR count). The van der Waals surface area contributed by atoms with Gasteiger partial charge in [-0.3, -0.25) is 4.68 Å². The van der Waals surface area contributed by atoms with E-state index in [1.807, 2.05) is 30.1 Å². The zero-order valence-corrected chi connectivity index (χ0v) is 11.1. The maximum atomic E-state index is 5.31. The van der Waals surface area contributed by atoms with Crippen molar-refractivity contribution in [1.82, 2.24) is 15.1 Å². The van der Waals surface area contributed by atoms with Crippen molar-refractivity contribution in [3.8, 4) is 17.0 Å². The molecule has 0 aliphatic rings. The van der Waals surface area contributed by atoms with Crippen LogP contribution in [0.2, 0.25) is 0 Å². The first kappa shape index (κ1) is 12.6. The number of hydrogen-bond acceptors (Lipinski definition) is 3. The molecule has 1 aromatic carbocycles. The zero-order valence-electron chi connectivity index (χ0n) is 11.1. The fourth-order valence-electron chi connectivity index (χ4n) is 2.08. The first-order valence-corrected chi connectivity index (χ1v) is 6.13. The number of methoxy groups -OCH3 is 1. The summed E-state index contributed by atoms with van der Waals surface area (Å²) in [5.74, 6) is 0.869. The minimum Gasteiger partial charge on any atom is -0.497 e. The molecule has 0 amide bonds. The number of rotatable bonds is 5. The summed E-state index contributed by atoms with van der Waals surface area (Å²) in [7, 11) is 3.64. The average Bonchev–Trinajstić information content (AvgIpc) is 2.87. The van der Waals surface area contributed by atoms with Crippen molar-refractivity contribution < 1.29 is 4.74 Å². The molecule has 0 bridgehead atoms. The molecule has 1 N–H and O–H groups in total. The standard InChI is InChI=1S/C14H19N3O/c1-4-17-14(7-8-16-17)13-9-12(18-3)6-5-11(13)10-15-2/h5-9,15H,4,10H2,1-3H3. The molecule has 4 heteroatoms. The molecule has 0 radical (unpaired) electrons. The minimum absolute atomic E-state index is 0.828. The molecule has 0 saturated carbocycles. The topological polar surface area (TPSA) is 39.1 Å². The average molecular weight is 245 g/mol. The lowest BCUT2D eigenvalue weighted by Crippen LogP contribution is -2.08. The molecule has 0 unspecified atom stereocenters. The Morgan fingerprint density at radius 3 is 2.83 bits per heavy atom. The Hall–Kier alpha value is -1.81. The Morgan fingerprint density at radius 1 is 1.33 bits per heavy atom. The number of aromatic nitrogens is 2. The van der Waals surface area contributed by atoms with Crippen LogP contribution in [-0.2, 0) is 13.1 Å². The highest BCUT2D eigenvalue weighted by Gasteiger charge is 2.10. The van der Waals surface area contributed by atoms with Gasteiger partial charge in [0, 0.05) is 24.8 Å². The summed E-state index contributed by atoms with van der Waals surface area (Å²) in [6.07, 6.45) is 1.83. The molecule has 1 heterocycles. The van der Waals surface area contributed by atoms with Crippen LogP contribution in [-0.4, -0.2) is 23.9 Å². The molecule has 2 aromatic rings. The van der Waals surface area contributed by atoms with Gasteiger partial charge in [-0.1, -0.05) is 6.07 Å². The van der Waals surface area contributed by atoms with Crippen LogP contribution in [0.4, 0.5) is 0 Å². The summed E-state index contributed by atoms with van der Waals surface area (Å²) in [5.41, 5.74) is 3.54. The Labute approximate surface area is 108 Å². The van der Waals surface area contributed by atoms with E-state index in [0.717, 1.165) is 24.5 Å². The van der Waals surface area contributed by atoms with Gasteiger partial charge in [-0.2, -0.15) is 5.10 Å². The van der Waals surface area contributed by atoms with Gasteiger partial charge in [0.15, 0.2) is 0 Å². The van der Waals surface area contributed by atoms with Crippen LogP contribution >= 0.6 is 0 Å². The molecule has 18 heavy (non-hydrogen) atoms. The third-order valence-electron chi connectivity index (χ3n) is 2.98. The summed E-state index contributed by atoms with van der Waals surface area (Å²) in [4.78, 5) is 0. The highest BCUT2D eigenvalue weighted by atomic mass is 16.5. The van der Waals surface area contributed by atoms with E-state index in [2.05, 4.69) is 29.5 Å². The fraction of sp³-hybridized carbons (Fsp3) is 0.357. The predicted octanol–water partition coefficient (Wildman–Crippen LogP) is 2.30. The van der Waals surface area contributed by atoms with Crippen LogP contribution in [0.15, 0.2) is 30.5 Å². The number of nitrogens with one attached hydrogen (secondary N) is 1. The second kappa shape index (κ2) is 5.69. The monoisotopic (exact) mass is 245 g/mol. The summed E-state index contributed by atoms with van der Waals surface area (Å²) >= 11 is 0. The van der Waals surface area contributed by atoms with Gasteiger partial charge in [0.05, 0.1) is 12.8 Å². The molecule has 0 spiro atoms.